The number of carbonyl (C=O) groups is 2. The van der Waals surface area contributed by atoms with Crippen LogP contribution in [0.1, 0.15) is 17.4 Å². The van der Waals surface area contributed by atoms with Gasteiger partial charge in [0.15, 0.2) is 6.04 Å². The Morgan fingerprint density at radius 1 is 1.32 bits per heavy atom. The second-order valence-corrected chi connectivity index (χ2v) is 4.09. The second kappa shape index (κ2) is 4.13. The van der Waals surface area contributed by atoms with Gasteiger partial charge in [0.2, 0.25) is 0 Å². The number of urea groups is 1. The lowest BCUT2D eigenvalue weighted by atomic mass is 10.1. The first kappa shape index (κ1) is 11.3. The average Bonchev–Trinajstić information content (AvgIpc) is 2.92. The van der Waals surface area contributed by atoms with Gasteiger partial charge in [-0.15, -0.1) is 0 Å². The lowest BCUT2D eigenvalue weighted by Gasteiger charge is -2.00. The number of hydrogen-bond acceptors (Lipinski definition) is 5. The Morgan fingerprint density at radius 2 is 2.16 bits per heavy atom. The lowest BCUT2D eigenvalue weighted by Crippen LogP contribution is -2.22. The van der Waals surface area contributed by atoms with Gasteiger partial charge in [-0.1, -0.05) is 5.16 Å². The van der Waals surface area contributed by atoms with Gasteiger partial charge in [-0.2, -0.15) is 0 Å². The van der Waals surface area contributed by atoms with E-state index in [1.807, 2.05) is 0 Å². The highest BCUT2D eigenvalue weighted by Gasteiger charge is 2.33. The number of oxime groups is 1. The number of nitrogens with one attached hydrogen (secondary N) is 2. The molecule has 2 aromatic rings. The van der Waals surface area contributed by atoms with Gasteiger partial charge in [-0.25, -0.2) is 4.79 Å². The average molecular weight is 259 g/mol. The van der Waals surface area contributed by atoms with E-state index in [1.54, 1.807) is 24.3 Å². The van der Waals surface area contributed by atoms with E-state index in [4.69, 9.17) is 9.62 Å². The Hall–Kier alpha value is -2.83. The highest BCUT2D eigenvalue weighted by molar-refractivity contribution is 6.04. The van der Waals surface area contributed by atoms with Gasteiger partial charge in [0.05, 0.1) is 6.21 Å². The van der Waals surface area contributed by atoms with E-state index in [-0.39, 0.29) is 0 Å². The van der Waals surface area contributed by atoms with Crippen LogP contribution in [0.4, 0.5) is 4.79 Å². The number of hydrogen-bond donors (Lipinski definition) is 3. The minimum atomic E-state index is -0.810. The fraction of sp³-hybridized carbons (Fsp3) is 0.0833. The molecule has 1 unspecified atom stereocenters. The van der Waals surface area contributed by atoms with Crippen molar-refractivity contribution in [2.45, 2.75) is 6.04 Å². The molecule has 0 aliphatic carbocycles. The molecule has 1 aliphatic heterocycles. The van der Waals surface area contributed by atoms with Gasteiger partial charge in [0.25, 0.3) is 5.91 Å². The van der Waals surface area contributed by atoms with E-state index >= 15 is 0 Å². The van der Waals surface area contributed by atoms with Crippen LogP contribution in [-0.4, -0.2) is 23.4 Å². The Labute approximate surface area is 106 Å². The molecule has 96 valence electrons. The van der Waals surface area contributed by atoms with Gasteiger partial charge in [0.1, 0.15) is 11.3 Å². The molecule has 1 atom stereocenters. The summed E-state index contributed by atoms with van der Waals surface area (Å²) in [6, 6.07) is 5.47. The zero-order valence-electron chi connectivity index (χ0n) is 9.58. The molecule has 0 saturated carbocycles. The third kappa shape index (κ3) is 1.90. The number of amides is 3. The fourth-order valence-electron chi connectivity index (χ4n) is 1.99. The highest BCUT2D eigenvalue weighted by Crippen LogP contribution is 2.26. The van der Waals surface area contributed by atoms with Crippen LogP contribution in [0.25, 0.3) is 11.0 Å². The first-order valence-corrected chi connectivity index (χ1v) is 5.49. The Morgan fingerprint density at radius 3 is 2.84 bits per heavy atom. The minimum absolute atomic E-state index is 0.358. The van der Waals surface area contributed by atoms with Crippen molar-refractivity contribution >= 4 is 29.1 Å². The molecular formula is C12H9N3O4. The molecule has 3 N–H and O–H groups in total. The molecule has 7 nitrogen and oxygen atoms in total. The van der Waals surface area contributed by atoms with Gasteiger partial charge < -0.3 is 14.9 Å². The zero-order valence-corrected chi connectivity index (χ0v) is 9.58. The third-order valence-corrected chi connectivity index (χ3v) is 2.83. The van der Waals surface area contributed by atoms with Gasteiger partial charge in [0, 0.05) is 5.39 Å². The van der Waals surface area contributed by atoms with Crippen molar-refractivity contribution in [3.05, 3.63) is 35.6 Å². The summed E-state index contributed by atoms with van der Waals surface area (Å²) in [5.41, 5.74) is 1.28. The summed E-state index contributed by atoms with van der Waals surface area (Å²) in [5, 5.41) is 16.8. The standard InChI is InChI=1S/C12H9N3O4/c16-11-10(14-12(17)15-11)9-4-7-3-6(5-13-18)1-2-8(7)19-9/h1-5,10,18H,(H2,14,15,16,17)/b13-5+. The molecule has 1 fully saturated rings. The molecule has 1 aromatic heterocycles. The van der Waals surface area contributed by atoms with Crippen LogP contribution in [0.3, 0.4) is 0 Å². The van der Waals surface area contributed by atoms with Crippen molar-refractivity contribution in [1.82, 2.24) is 10.6 Å². The van der Waals surface area contributed by atoms with Crippen molar-refractivity contribution < 1.29 is 19.2 Å². The minimum Gasteiger partial charge on any atom is -0.458 e. The van der Waals surface area contributed by atoms with E-state index in [2.05, 4.69) is 15.8 Å². The first-order chi connectivity index (χ1) is 9.17. The first-order valence-electron chi connectivity index (χ1n) is 5.49. The molecule has 1 saturated heterocycles. The molecule has 19 heavy (non-hydrogen) atoms. The third-order valence-electron chi connectivity index (χ3n) is 2.83. The normalized spacial score (nSPS) is 19.1. The molecular weight excluding hydrogens is 250 g/mol. The summed E-state index contributed by atoms with van der Waals surface area (Å²) in [6.45, 7) is 0. The summed E-state index contributed by atoms with van der Waals surface area (Å²) in [7, 11) is 0. The van der Waals surface area contributed by atoms with E-state index in [9.17, 15) is 9.59 Å². The van der Waals surface area contributed by atoms with Gasteiger partial charge in [-0.3, -0.25) is 10.1 Å². The molecule has 2 heterocycles. The summed E-state index contributed by atoms with van der Waals surface area (Å²) in [6.07, 6.45) is 1.29. The molecule has 3 rings (SSSR count). The summed E-state index contributed by atoms with van der Waals surface area (Å²) >= 11 is 0. The van der Waals surface area contributed by atoms with Crippen molar-refractivity contribution in [3.8, 4) is 0 Å². The number of benzene rings is 1. The van der Waals surface area contributed by atoms with E-state index in [1.165, 1.54) is 6.21 Å². The largest absolute Gasteiger partial charge is 0.458 e. The summed E-state index contributed by atoms with van der Waals surface area (Å²) in [4.78, 5) is 22.6. The SMILES string of the molecule is O=C1NC(=O)C(c2cc3cc(/C=N/O)ccc3o2)N1. The molecule has 0 spiro atoms. The van der Waals surface area contributed by atoms with Crippen LogP contribution in [-0.2, 0) is 4.79 Å². The fourth-order valence-corrected chi connectivity index (χ4v) is 1.99. The number of furan rings is 1. The number of fused-ring (bicyclic) bond motifs is 1. The molecule has 3 amide bonds. The monoisotopic (exact) mass is 259 g/mol. The molecule has 0 bridgehead atoms. The quantitative estimate of drug-likeness (QED) is 0.325. The van der Waals surface area contributed by atoms with Crippen LogP contribution in [0.5, 0.6) is 0 Å². The summed E-state index contributed by atoms with van der Waals surface area (Å²) < 4.78 is 5.52. The maximum absolute atomic E-state index is 11.5. The number of carbonyl (C=O) groups excluding carboxylic acids is 2. The van der Waals surface area contributed by atoms with E-state index < -0.39 is 18.0 Å². The molecule has 1 aliphatic rings. The predicted octanol–water partition coefficient (Wildman–Crippen LogP) is 1.12. The Kier molecular flexibility index (Phi) is 2.45. The van der Waals surface area contributed by atoms with Gasteiger partial charge >= 0.3 is 6.03 Å². The van der Waals surface area contributed by atoms with Crippen LogP contribution < -0.4 is 10.6 Å². The van der Waals surface area contributed by atoms with Crippen LogP contribution in [0.2, 0.25) is 0 Å². The van der Waals surface area contributed by atoms with Crippen LogP contribution in [0, 0.1) is 0 Å². The van der Waals surface area contributed by atoms with E-state index in [0.29, 0.717) is 16.9 Å². The predicted molar refractivity (Wildman–Crippen MR) is 65.0 cm³/mol. The molecule has 0 radical (unpaired) electrons. The highest BCUT2D eigenvalue weighted by atomic mass is 16.4. The number of nitrogens with zero attached hydrogens (tertiary/aromatic N) is 1. The Bertz CT molecular complexity index is 704. The topological polar surface area (TPSA) is 104 Å². The Balaban J connectivity index is 2.02. The van der Waals surface area contributed by atoms with Gasteiger partial charge in [-0.05, 0) is 29.8 Å². The molecule has 7 heteroatoms. The maximum Gasteiger partial charge on any atom is 0.322 e. The lowest BCUT2D eigenvalue weighted by molar-refractivity contribution is -0.120. The van der Waals surface area contributed by atoms with Crippen molar-refractivity contribution in [1.29, 1.82) is 0 Å². The van der Waals surface area contributed by atoms with Crippen LogP contribution >= 0.6 is 0 Å². The maximum atomic E-state index is 11.5. The van der Waals surface area contributed by atoms with Crippen molar-refractivity contribution in [3.63, 3.8) is 0 Å². The van der Waals surface area contributed by atoms with Crippen LogP contribution in [0.15, 0.2) is 33.8 Å². The van der Waals surface area contributed by atoms with E-state index in [0.717, 1.165) is 5.39 Å². The van der Waals surface area contributed by atoms with Crippen molar-refractivity contribution in [2.75, 3.05) is 0 Å². The zero-order chi connectivity index (χ0) is 13.4. The molecule has 1 aromatic carbocycles. The number of imide groups is 1. The summed E-state index contributed by atoms with van der Waals surface area (Å²) in [5.74, 6) is -0.0855. The van der Waals surface area contributed by atoms with Crippen molar-refractivity contribution in [2.24, 2.45) is 5.16 Å². The number of rotatable bonds is 2. The second-order valence-electron chi connectivity index (χ2n) is 4.09. The smallest absolute Gasteiger partial charge is 0.322 e.